The molecule has 25 heavy (non-hydrogen) atoms. The molecule has 0 radical (unpaired) electrons. The van der Waals surface area contributed by atoms with Crippen LogP contribution < -0.4 is 5.56 Å². The minimum atomic E-state index is -0.201. The molecule has 3 aromatic rings. The van der Waals surface area contributed by atoms with Crippen molar-refractivity contribution >= 4 is 27.5 Å². The van der Waals surface area contributed by atoms with Gasteiger partial charge in [0.05, 0.1) is 22.0 Å². The number of nitrogens with one attached hydrogen (secondary N) is 2. The number of aromatic amines is 2. The van der Waals surface area contributed by atoms with Crippen LogP contribution in [-0.4, -0.2) is 38.0 Å². The number of hydrogen-bond acceptors (Lipinski definition) is 5. The number of amides is 1. The van der Waals surface area contributed by atoms with Crippen LogP contribution >= 0.6 is 11.3 Å². The third kappa shape index (κ3) is 2.76. The second-order valence-electron chi connectivity index (χ2n) is 6.33. The van der Waals surface area contributed by atoms with Crippen LogP contribution in [0, 0.1) is 27.7 Å². The summed E-state index contributed by atoms with van der Waals surface area (Å²) in [7, 11) is 1.77. The summed E-state index contributed by atoms with van der Waals surface area (Å²) in [6.07, 6.45) is 0. The van der Waals surface area contributed by atoms with Gasteiger partial charge < -0.3 is 9.88 Å². The van der Waals surface area contributed by atoms with Gasteiger partial charge in [-0.1, -0.05) is 0 Å². The molecule has 0 unspecified atom stereocenters. The number of H-pyrrole nitrogens is 2. The Labute approximate surface area is 149 Å². The van der Waals surface area contributed by atoms with Crippen molar-refractivity contribution in [2.24, 2.45) is 0 Å². The Hall–Kier alpha value is -2.48. The molecule has 0 aliphatic heterocycles. The molecule has 3 rings (SSSR count). The molecule has 0 aromatic carbocycles. The van der Waals surface area contributed by atoms with E-state index in [-0.39, 0.29) is 17.5 Å². The highest BCUT2D eigenvalue weighted by Gasteiger charge is 2.27. The Bertz CT molecular complexity index is 1010. The van der Waals surface area contributed by atoms with Crippen LogP contribution in [0.25, 0.3) is 10.2 Å². The quantitative estimate of drug-likeness (QED) is 0.752. The third-order valence-corrected chi connectivity index (χ3v) is 5.79. The maximum atomic E-state index is 13.1. The average molecular weight is 359 g/mol. The van der Waals surface area contributed by atoms with Gasteiger partial charge in [-0.2, -0.15) is 5.10 Å². The molecule has 3 heterocycles. The molecule has 0 fully saturated rings. The molecule has 1 atom stereocenters. The second-order valence-corrected chi connectivity index (χ2v) is 7.33. The summed E-state index contributed by atoms with van der Waals surface area (Å²) in [6, 6.07) is -0.135. The molecule has 7 nitrogen and oxygen atoms in total. The molecular weight excluding hydrogens is 338 g/mol. The van der Waals surface area contributed by atoms with Gasteiger partial charge in [0.2, 0.25) is 0 Å². The van der Waals surface area contributed by atoms with Gasteiger partial charge in [0.25, 0.3) is 11.5 Å². The lowest BCUT2D eigenvalue weighted by Gasteiger charge is -2.25. The largest absolute Gasteiger partial charge is 0.334 e. The Morgan fingerprint density at radius 1 is 1.24 bits per heavy atom. The molecule has 8 heteroatoms. The number of aromatic nitrogens is 4. The molecule has 0 aliphatic carbocycles. The monoisotopic (exact) mass is 359 g/mol. The van der Waals surface area contributed by atoms with Gasteiger partial charge in [-0.15, -0.1) is 11.3 Å². The van der Waals surface area contributed by atoms with E-state index >= 15 is 0 Å². The van der Waals surface area contributed by atoms with Crippen LogP contribution in [0.4, 0.5) is 0 Å². The zero-order chi connectivity index (χ0) is 18.5. The van der Waals surface area contributed by atoms with E-state index in [9.17, 15) is 9.59 Å². The summed E-state index contributed by atoms with van der Waals surface area (Å²) in [4.78, 5) is 35.2. The molecule has 2 N–H and O–H groups in total. The van der Waals surface area contributed by atoms with Crippen LogP contribution in [0.15, 0.2) is 4.79 Å². The average Bonchev–Trinajstić information content (AvgIpc) is 3.05. The number of rotatable bonds is 3. The van der Waals surface area contributed by atoms with E-state index in [0.29, 0.717) is 26.5 Å². The van der Waals surface area contributed by atoms with Crippen molar-refractivity contribution in [2.75, 3.05) is 7.05 Å². The fourth-order valence-electron chi connectivity index (χ4n) is 3.16. The number of carbonyl (C=O) groups is 1. The van der Waals surface area contributed by atoms with Crippen LogP contribution in [0.5, 0.6) is 0 Å². The van der Waals surface area contributed by atoms with E-state index in [4.69, 9.17) is 0 Å². The lowest BCUT2D eigenvalue weighted by Crippen LogP contribution is -2.30. The van der Waals surface area contributed by atoms with Crippen molar-refractivity contribution < 1.29 is 4.79 Å². The zero-order valence-electron chi connectivity index (χ0n) is 15.1. The summed E-state index contributed by atoms with van der Waals surface area (Å²) in [5.41, 5.74) is 3.32. The van der Waals surface area contributed by atoms with Gasteiger partial charge >= 0.3 is 0 Å². The number of carbonyl (C=O) groups excluding carboxylic acids is 1. The van der Waals surface area contributed by atoms with E-state index in [2.05, 4.69) is 20.2 Å². The summed E-state index contributed by atoms with van der Waals surface area (Å²) in [5, 5.41) is 7.66. The fraction of sp³-hybridized carbons (Fsp3) is 0.412. The maximum Gasteiger partial charge on any atom is 0.264 e. The first-order chi connectivity index (χ1) is 11.7. The van der Waals surface area contributed by atoms with Crippen LogP contribution in [0.3, 0.4) is 0 Å². The summed E-state index contributed by atoms with van der Waals surface area (Å²) in [6.45, 7) is 9.37. The summed E-state index contributed by atoms with van der Waals surface area (Å²) in [5.74, 6) is 0.425. The highest BCUT2D eigenvalue weighted by Crippen LogP contribution is 2.31. The van der Waals surface area contributed by atoms with Crippen LogP contribution in [-0.2, 0) is 0 Å². The van der Waals surface area contributed by atoms with E-state index in [0.717, 1.165) is 17.0 Å². The molecular formula is C17H21N5O2S. The van der Waals surface area contributed by atoms with Crippen molar-refractivity contribution in [2.45, 2.75) is 40.7 Å². The maximum absolute atomic E-state index is 13.1. The molecule has 0 saturated heterocycles. The predicted molar refractivity (Wildman–Crippen MR) is 98.3 cm³/mol. The molecule has 1 amide bonds. The first kappa shape index (κ1) is 17.3. The Kier molecular flexibility index (Phi) is 4.24. The first-order valence-corrected chi connectivity index (χ1v) is 8.82. The summed E-state index contributed by atoms with van der Waals surface area (Å²) >= 11 is 1.27. The van der Waals surface area contributed by atoms with E-state index in [1.165, 1.54) is 11.3 Å². The molecule has 0 saturated carbocycles. The van der Waals surface area contributed by atoms with E-state index in [1.54, 1.807) is 25.8 Å². The highest BCUT2D eigenvalue weighted by molar-refractivity contribution is 7.20. The van der Waals surface area contributed by atoms with Gasteiger partial charge in [0.15, 0.2) is 0 Å². The van der Waals surface area contributed by atoms with Gasteiger partial charge in [0, 0.05) is 18.3 Å². The molecule has 0 aliphatic rings. The summed E-state index contributed by atoms with van der Waals surface area (Å²) < 4.78 is 0. The van der Waals surface area contributed by atoms with E-state index < -0.39 is 0 Å². The molecule has 132 valence electrons. The topological polar surface area (TPSA) is 94.7 Å². The Morgan fingerprint density at radius 2 is 1.92 bits per heavy atom. The van der Waals surface area contributed by atoms with Crippen molar-refractivity contribution in [3.05, 3.63) is 43.6 Å². The first-order valence-electron chi connectivity index (χ1n) is 8.01. The van der Waals surface area contributed by atoms with Crippen molar-refractivity contribution in [3.63, 3.8) is 0 Å². The normalized spacial score (nSPS) is 12.6. The van der Waals surface area contributed by atoms with Crippen LogP contribution in [0.1, 0.15) is 51.0 Å². The molecule has 3 aromatic heterocycles. The standard InChI is InChI=1S/C17H21N5O2S/c1-7-12-15(23)18-11(5)19-16(12)25-14(7)17(24)22(6)10(4)13-8(2)20-21-9(13)3/h10H,1-6H3,(H,20,21)(H,18,19,23)/t10-/m0/s1. The number of thiophene rings is 1. The predicted octanol–water partition coefficient (Wildman–Crippen LogP) is 2.77. The van der Waals surface area contributed by atoms with Crippen LogP contribution in [0.2, 0.25) is 0 Å². The second kappa shape index (κ2) is 6.11. The minimum absolute atomic E-state index is 0.120. The number of aryl methyl sites for hydroxylation is 4. The Balaban J connectivity index is 2.03. The fourth-order valence-corrected chi connectivity index (χ4v) is 4.37. The zero-order valence-corrected chi connectivity index (χ0v) is 16.0. The van der Waals surface area contributed by atoms with Gasteiger partial charge in [-0.25, -0.2) is 4.98 Å². The molecule has 0 bridgehead atoms. The van der Waals surface area contributed by atoms with Gasteiger partial charge in [-0.05, 0) is 40.2 Å². The SMILES string of the molecule is Cc1nc2sc(C(=O)N(C)[C@@H](C)c3c(C)n[nH]c3C)c(C)c2c(=O)[nH]1. The van der Waals surface area contributed by atoms with Crippen molar-refractivity contribution in [3.8, 4) is 0 Å². The smallest absolute Gasteiger partial charge is 0.264 e. The third-order valence-electron chi connectivity index (χ3n) is 4.62. The molecule has 0 spiro atoms. The van der Waals surface area contributed by atoms with Gasteiger partial charge in [-0.3, -0.25) is 14.7 Å². The minimum Gasteiger partial charge on any atom is -0.334 e. The number of fused-ring (bicyclic) bond motifs is 1. The number of nitrogens with zero attached hydrogens (tertiary/aromatic N) is 3. The lowest BCUT2D eigenvalue weighted by atomic mass is 10.0. The van der Waals surface area contributed by atoms with Crippen molar-refractivity contribution in [1.82, 2.24) is 25.1 Å². The van der Waals surface area contributed by atoms with Crippen molar-refractivity contribution in [1.29, 1.82) is 0 Å². The Morgan fingerprint density at radius 3 is 2.52 bits per heavy atom. The van der Waals surface area contributed by atoms with E-state index in [1.807, 2.05) is 20.8 Å². The highest BCUT2D eigenvalue weighted by atomic mass is 32.1. The van der Waals surface area contributed by atoms with Gasteiger partial charge in [0.1, 0.15) is 10.7 Å². The lowest BCUT2D eigenvalue weighted by molar-refractivity contribution is 0.0746. The number of hydrogen-bond donors (Lipinski definition) is 2.